The second-order valence-electron chi connectivity index (χ2n) is 12.8. The van der Waals surface area contributed by atoms with Crippen LogP contribution in [0.2, 0.25) is 0 Å². The molecule has 0 aromatic heterocycles. The average Bonchev–Trinajstić information content (AvgIpc) is 3.93. The van der Waals surface area contributed by atoms with E-state index in [2.05, 4.69) is 162 Å². The molecular formula is C38H54S12. The third-order valence-electron chi connectivity index (χ3n) is 9.65. The second-order valence-corrected chi connectivity index (χ2v) is 27.3. The van der Waals surface area contributed by atoms with Gasteiger partial charge >= 0.3 is 0 Å². The lowest BCUT2D eigenvalue weighted by Crippen LogP contribution is -2.00. The normalized spacial score (nSPS) is 17.8. The first kappa shape index (κ1) is 43.5. The van der Waals surface area contributed by atoms with Crippen LogP contribution in [-0.2, 0) is 0 Å². The smallest absolute Gasteiger partial charge is 0.0717 e. The summed E-state index contributed by atoms with van der Waals surface area (Å²) in [5, 5.41) is 0. The van der Waals surface area contributed by atoms with Crippen LogP contribution in [0.5, 0.6) is 0 Å². The topological polar surface area (TPSA) is 0 Å². The number of hydrogen-bond donors (Lipinski definition) is 0. The first-order chi connectivity index (χ1) is 24.4. The molecule has 278 valence electrons. The summed E-state index contributed by atoms with van der Waals surface area (Å²) >= 11 is 24.9. The van der Waals surface area contributed by atoms with E-state index in [4.69, 9.17) is 0 Å². The first-order valence-corrected chi connectivity index (χ1v) is 28.9. The number of benzene rings is 1. The molecule has 0 bridgehead atoms. The lowest BCUT2D eigenvalue weighted by Gasteiger charge is -2.14. The Balaban J connectivity index is 1.27. The maximum absolute atomic E-state index is 2.51. The first-order valence-electron chi connectivity index (χ1n) is 18.4. The van der Waals surface area contributed by atoms with Crippen LogP contribution >= 0.6 is 141 Å². The van der Waals surface area contributed by atoms with Gasteiger partial charge in [-0.25, -0.2) is 0 Å². The number of hydrogen-bond acceptors (Lipinski definition) is 12. The van der Waals surface area contributed by atoms with Crippen molar-refractivity contribution < 1.29 is 0 Å². The Morgan fingerprint density at radius 1 is 0.340 bits per heavy atom. The Labute approximate surface area is 356 Å². The summed E-state index contributed by atoms with van der Waals surface area (Å²) in [5.74, 6) is 8.24. The van der Waals surface area contributed by atoms with E-state index in [1.54, 1.807) is 16.9 Å². The van der Waals surface area contributed by atoms with Crippen molar-refractivity contribution in [2.45, 2.75) is 126 Å². The lowest BCUT2D eigenvalue weighted by atomic mass is 10.1. The van der Waals surface area contributed by atoms with Crippen LogP contribution in [0.15, 0.2) is 65.6 Å². The SMILES string of the molecule is CCC(CC)CSC1=C(SCC(CC)CC)SC(=C2Sc3cc4c(cc3S2)SC(=C2SC(SCC(CC)CC)=C(SCC(CC)CC)S2)S4)S1. The molecule has 4 aliphatic heterocycles. The van der Waals surface area contributed by atoms with E-state index >= 15 is 0 Å². The average molecular weight is 896 g/mol. The molecule has 0 unspecified atom stereocenters. The van der Waals surface area contributed by atoms with Gasteiger partial charge < -0.3 is 0 Å². The fourth-order valence-electron chi connectivity index (χ4n) is 5.39. The zero-order valence-electron chi connectivity index (χ0n) is 30.8. The molecule has 0 N–H and O–H groups in total. The highest BCUT2D eigenvalue weighted by atomic mass is 32.3. The van der Waals surface area contributed by atoms with E-state index in [1.165, 1.54) is 111 Å². The van der Waals surface area contributed by atoms with E-state index in [-0.39, 0.29) is 0 Å². The molecule has 4 aliphatic rings. The van der Waals surface area contributed by atoms with Crippen molar-refractivity contribution in [3.63, 3.8) is 0 Å². The minimum absolute atomic E-state index is 0.813. The molecule has 12 heteroatoms. The molecule has 0 fully saturated rings. The maximum atomic E-state index is 2.51. The number of rotatable bonds is 20. The van der Waals surface area contributed by atoms with Gasteiger partial charge in [0.25, 0.3) is 0 Å². The molecule has 50 heavy (non-hydrogen) atoms. The van der Waals surface area contributed by atoms with Crippen molar-refractivity contribution in [1.82, 2.24) is 0 Å². The van der Waals surface area contributed by atoms with Crippen molar-refractivity contribution in [2.75, 3.05) is 23.0 Å². The van der Waals surface area contributed by atoms with Gasteiger partial charge in [0.15, 0.2) is 0 Å². The molecule has 0 spiro atoms. The highest BCUT2D eigenvalue weighted by Gasteiger charge is 2.34. The van der Waals surface area contributed by atoms with Gasteiger partial charge in [-0.1, -0.05) is 201 Å². The van der Waals surface area contributed by atoms with E-state index in [0.29, 0.717) is 0 Å². The molecule has 0 aliphatic carbocycles. The molecule has 5 rings (SSSR count). The molecular weight excluding hydrogens is 841 g/mol. The predicted octanol–water partition coefficient (Wildman–Crippen LogP) is 18.2. The Morgan fingerprint density at radius 3 is 0.740 bits per heavy atom. The van der Waals surface area contributed by atoms with Crippen LogP contribution in [0.4, 0.5) is 0 Å². The number of fused-ring (bicyclic) bond motifs is 2. The van der Waals surface area contributed by atoms with Crippen molar-refractivity contribution >= 4 is 141 Å². The van der Waals surface area contributed by atoms with Crippen molar-refractivity contribution in [3.05, 3.63) is 46.0 Å². The van der Waals surface area contributed by atoms with Crippen LogP contribution in [0, 0.1) is 23.7 Å². The summed E-state index contributed by atoms with van der Waals surface area (Å²) in [4.78, 5) is 5.81. The molecule has 0 amide bonds. The van der Waals surface area contributed by atoms with Crippen LogP contribution in [0.1, 0.15) is 107 Å². The maximum Gasteiger partial charge on any atom is 0.0717 e. The summed E-state index contributed by atoms with van der Waals surface area (Å²) in [6, 6.07) is 5.02. The Hall–Kier alpha value is 2.38. The minimum atomic E-state index is 0.813. The van der Waals surface area contributed by atoms with Gasteiger partial charge in [-0.05, 0) is 35.8 Å². The van der Waals surface area contributed by atoms with Gasteiger partial charge in [0, 0.05) is 42.6 Å². The fraction of sp³-hybridized carbons (Fsp3) is 0.632. The van der Waals surface area contributed by atoms with Crippen LogP contribution in [0.25, 0.3) is 0 Å². The van der Waals surface area contributed by atoms with Gasteiger partial charge in [0.05, 0.1) is 33.9 Å². The third-order valence-corrected chi connectivity index (χ3v) is 27.7. The zero-order chi connectivity index (χ0) is 35.6. The Kier molecular flexibility index (Phi) is 19.4. The molecule has 0 saturated carbocycles. The number of thioether (sulfide) groups is 12. The molecule has 1 aromatic carbocycles. The summed E-state index contributed by atoms with van der Waals surface area (Å²) in [6.45, 7) is 18.8. The Morgan fingerprint density at radius 2 is 0.540 bits per heavy atom. The summed E-state index contributed by atoms with van der Waals surface area (Å²) in [5.41, 5.74) is 0. The molecule has 0 atom stereocenters. The monoisotopic (exact) mass is 894 g/mol. The quantitative estimate of drug-likeness (QED) is 0.122. The molecule has 0 nitrogen and oxygen atoms in total. The molecule has 1 aromatic rings. The van der Waals surface area contributed by atoms with Gasteiger partial charge in [0.1, 0.15) is 0 Å². The van der Waals surface area contributed by atoms with E-state index in [0.717, 1.165) is 23.7 Å². The third kappa shape index (κ3) is 11.7. The molecule has 0 saturated heterocycles. The minimum Gasteiger partial charge on any atom is -0.117 e. The summed E-state index contributed by atoms with van der Waals surface area (Å²) in [7, 11) is 0. The molecule has 4 heterocycles. The van der Waals surface area contributed by atoms with Gasteiger partial charge in [-0.2, -0.15) is 0 Å². The summed E-state index contributed by atoms with van der Waals surface area (Å²) < 4.78 is 12.3. The van der Waals surface area contributed by atoms with Crippen molar-refractivity contribution in [2.24, 2.45) is 23.7 Å². The van der Waals surface area contributed by atoms with E-state index in [9.17, 15) is 0 Å². The summed E-state index contributed by atoms with van der Waals surface area (Å²) in [6.07, 6.45) is 10.3. The highest BCUT2D eigenvalue weighted by molar-refractivity contribution is 8.43. The van der Waals surface area contributed by atoms with E-state index in [1.807, 2.05) is 47.0 Å². The van der Waals surface area contributed by atoms with Crippen LogP contribution in [0.3, 0.4) is 0 Å². The lowest BCUT2D eigenvalue weighted by molar-refractivity contribution is 0.554. The van der Waals surface area contributed by atoms with Crippen molar-refractivity contribution in [3.8, 4) is 0 Å². The van der Waals surface area contributed by atoms with Gasteiger partial charge in [-0.3, -0.25) is 0 Å². The Bertz CT molecular complexity index is 1220. The van der Waals surface area contributed by atoms with Crippen LogP contribution < -0.4 is 0 Å². The van der Waals surface area contributed by atoms with Crippen molar-refractivity contribution in [1.29, 1.82) is 0 Å². The fourth-order valence-corrected chi connectivity index (χ4v) is 24.3. The van der Waals surface area contributed by atoms with E-state index < -0.39 is 0 Å². The molecule has 0 radical (unpaired) electrons. The zero-order valence-corrected chi connectivity index (χ0v) is 40.6. The largest absolute Gasteiger partial charge is 0.117 e. The standard InChI is InChI=1S/C38H54S12/c1-9-23(10-2)19-39-31-32(40-20-24(11-3)12-4)48-37(47-31)35-43-27-17-29-30(18-28(27)44-35)46-36(45-29)38-49-33(41-21-25(13-5)14-6)34(50-38)42-22-26(15-7)16-8/h17-18,23-26H,9-16,19-22H2,1-8H3. The highest BCUT2D eigenvalue weighted by Crippen LogP contribution is 2.68. The van der Waals surface area contributed by atoms with Gasteiger partial charge in [0.2, 0.25) is 0 Å². The second kappa shape index (κ2) is 22.4. The van der Waals surface area contributed by atoms with Crippen LogP contribution in [-0.4, -0.2) is 23.0 Å². The predicted molar refractivity (Wildman–Crippen MR) is 254 cm³/mol. The van der Waals surface area contributed by atoms with Gasteiger partial charge in [-0.15, -0.1) is 47.0 Å².